The summed E-state index contributed by atoms with van der Waals surface area (Å²) in [5.41, 5.74) is 7.09. The van der Waals surface area contributed by atoms with Gasteiger partial charge in [-0.25, -0.2) is 9.97 Å². The van der Waals surface area contributed by atoms with Crippen molar-refractivity contribution in [3.8, 4) is 34.6 Å². The molecule has 0 unspecified atom stereocenters. The smallest absolute Gasteiger partial charge is 0.167 e. The maximum Gasteiger partial charge on any atom is 0.167 e. The number of benzene rings is 4. The topological polar surface area (TPSA) is 128 Å². The van der Waals surface area contributed by atoms with Crippen molar-refractivity contribution in [2.24, 2.45) is 0 Å². The highest BCUT2D eigenvalue weighted by molar-refractivity contribution is 6.00. The predicted octanol–water partition coefficient (Wildman–Crippen LogP) is 5.44. The summed E-state index contributed by atoms with van der Waals surface area (Å²) in [5, 5.41) is 17.9. The monoisotopic (exact) mass is 513 g/mol. The second-order valence-electron chi connectivity index (χ2n) is 9.14. The van der Waals surface area contributed by atoms with Crippen LogP contribution < -0.4 is 4.74 Å². The van der Waals surface area contributed by atoms with E-state index in [0.717, 1.165) is 38.8 Å². The van der Waals surface area contributed by atoms with Crippen molar-refractivity contribution in [2.75, 3.05) is 13.2 Å². The van der Waals surface area contributed by atoms with Gasteiger partial charge in [-0.1, -0.05) is 6.07 Å². The molecule has 0 saturated heterocycles. The highest BCUT2D eigenvalue weighted by atomic mass is 16.5. The molecule has 6 rings (SSSR count). The van der Waals surface area contributed by atoms with Gasteiger partial charge in [0.25, 0.3) is 0 Å². The minimum Gasteiger partial charge on any atom is -0.491 e. The molecule has 2 heterocycles. The van der Waals surface area contributed by atoms with Gasteiger partial charge >= 0.3 is 0 Å². The fourth-order valence-corrected chi connectivity index (χ4v) is 4.49. The Labute approximate surface area is 223 Å². The SMILES string of the molecule is N#Cc1ccc(-c2nc3ccc(CC(=O)c4ccc5nc(-c6ccc(OCCO)cc6)[nH]c5c4)cc3[nH]2)cc1. The summed E-state index contributed by atoms with van der Waals surface area (Å²) in [6, 6.07) is 28.1. The molecule has 0 aliphatic rings. The highest BCUT2D eigenvalue weighted by Crippen LogP contribution is 2.25. The first-order valence-electron chi connectivity index (χ1n) is 12.5. The van der Waals surface area contributed by atoms with Crippen molar-refractivity contribution in [2.45, 2.75) is 6.42 Å². The number of ketones is 1. The molecule has 0 bridgehead atoms. The molecular formula is C31H23N5O3. The Morgan fingerprint density at radius 1 is 0.821 bits per heavy atom. The lowest BCUT2D eigenvalue weighted by Gasteiger charge is -2.04. The summed E-state index contributed by atoms with van der Waals surface area (Å²) in [7, 11) is 0. The number of carbonyl (C=O) groups is 1. The van der Waals surface area contributed by atoms with E-state index in [2.05, 4.69) is 26.0 Å². The van der Waals surface area contributed by atoms with Gasteiger partial charge in [-0.05, 0) is 84.4 Å². The molecule has 0 spiro atoms. The second-order valence-corrected chi connectivity index (χ2v) is 9.14. The van der Waals surface area contributed by atoms with Gasteiger partial charge in [-0.2, -0.15) is 5.26 Å². The maximum absolute atomic E-state index is 13.2. The number of Topliss-reactive ketones (excluding diaryl/α,β-unsaturated/α-hetero) is 1. The van der Waals surface area contributed by atoms with E-state index in [1.807, 2.05) is 66.7 Å². The number of H-pyrrole nitrogens is 2. The molecule has 4 aromatic carbocycles. The van der Waals surface area contributed by atoms with Crippen LogP contribution in [-0.4, -0.2) is 44.0 Å². The fourth-order valence-electron chi connectivity index (χ4n) is 4.49. The minimum absolute atomic E-state index is 0.00427. The van der Waals surface area contributed by atoms with E-state index < -0.39 is 0 Å². The number of hydrogen-bond donors (Lipinski definition) is 3. The predicted molar refractivity (Wildman–Crippen MR) is 148 cm³/mol. The molecule has 0 atom stereocenters. The van der Waals surface area contributed by atoms with Crippen LogP contribution in [0.1, 0.15) is 21.5 Å². The van der Waals surface area contributed by atoms with Crippen LogP contribution in [0.3, 0.4) is 0 Å². The Hall–Kier alpha value is -5.26. The third kappa shape index (κ3) is 4.99. The molecule has 0 aliphatic carbocycles. The van der Waals surface area contributed by atoms with E-state index in [1.54, 1.807) is 18.2 Å². The van der Waals surface area contributed by atoms with Crippen LogP contribution in [0.15, 0.2) is 84.9 Å². The Morgan fingerprint density at radius 2 is 1.44 bits per heavy atom. The summed E-state index contributed by atoms with van der Waals surface area (Å²) in [4.78, 5) is 29.1. The molecule has 0 saturated carbocycles. The summed E-state index contributed by atoms with van der Waals surface area (Å²) in [6.45, 7) is 0.209. The van der Waals surface area contributed by atoms with Crippen LogP contribution >= 0.6 is 0 Å². The third-order valence-corrected chi connectivity index (χ3v) is 6.49. The zero-order chi connectivity index (χ0) is 26.8. The van der Waals surface area contributed by atoms with Crippen LogP contribution in [0.2, 0.25) is 0 Å². The number of nitriles is 1. The quantitative estimate of drug-likeness (QED) is 0.233. The number of aromatic amines is 2. The number of nitrogens with zero attached hydrogens (tertiary/aromatic N) is 3. The van der Waals surface area contributed by atoms with Crippen molar-refractivity contribution >= 4 is 27.9 Å². The van der Waals surface area contributed by atoms with Crippen molar-refractivity contribution in [3.63, 3.8) is 0 Å². The van der Waals surface area contributed by atoms with Gasteiger partial charge in [0.15, 0.2) is 5.78 Å². The lowest BCUT2D eigenvalue weighted by molar-refractivity contribution is 0.0993. The Morgan fingerprint density at radius 3 is 2.08 bits per heavy atom. The standard InChI is InChI=1S/C31H23N5O3/c32-18-19-1-4-21(5-2-19)30-33-25-11-3-20(15-27(25)35-30)16-29(38)23-8-12-26-28(17-23)36-31(34-26)22-6-9-24(10-7-22)39-14-13-37/h1-12,15,17,37H,13-14,16H2,(H,33,35)(H,34,36). The van der Waals surface area contributed by atoms with E-state index >= 15 is 0 Å². The Balaban J connectivity index is 1.19. The number of rotatable bonds is 8. The van der Waals surface area contributed by atoms with Gasteiger partial charge < -0.3 is 19.8 Å². The average Bonchev–Trinajstić information content (AvgIpc) is 3.60. The van der Waals surface area contributed by atoms with Gasteiger partial charge in [0.05, 0.1) is 40.3 Å². The van der Waals surface area contributed by atoms with Crippen LogP contribution in [0.5, 0.6) is 5.75 Å². The molecule has 3 N–H and O–H groups in total. The first kappa shape index (κ1) is 24.1. The number of aromatic nitrogens is 4. The number of nitrogens with one attached hydrogen (secondary N) is 2. The van der Waals surface area contributed by atoms with Crippen LogP contribution in [-0.2, 0) is 6.42 Å². The second kappa shape index (κ2) is 10.2. The summed E-state index contributed by atoms with van der Waals surface area (Å²) >= 11 is 0. The number of aliphatic hydroxyl groups is 1. The lowest BCUT2D eigenvalue weighted by Crippen LogP contribution is -2.03. The van der Waals surface area contributed by atoms with Crippen molar-refractivity contribution in [1.82, 2.24) is 19.9 Å². The van der Waals surface area contributed by atoms with Crippen molar-refractivity contribution < 1.29 is 14.6 Å². The van der Waals surface area contributed by atoms with Gasteiger partial charge in [-0.15, -0.1) is 0 Å². The molecule has 8 nitrogen and oxygen atoms in total. The summed E-state index contributed by atoms with van der Waals surface area (Å²) in [5.74, 6) is 2.09. The summed E-state index contributed by atoms with van der Waals surface area (Å²) in [6.07, 6.45) is 0.253. The zero-order valence-electron chi connectivity index (χ0n) is 20.8. The molecule has 8 heteroatoms. The fraction of sp³-hybridized carbons (Fsp3) is 0.0968. The average molecular weight is 514 g/mol. The van der Waals surface area contributed by atoms with Crippen LogP contribution in [0.25, 0.3) is 44.8 Å². The molecule has 190 valence electrons. The lowest BCUT2D eigenvalue weighted by atomic mass is 10.0. The number of carbonyl (C=O) groups excluding carboxylic acids is 1. The van der Waals surface area contributed by atoms with Gasteiger partial charge in [0.2, 0.25) is 0 Å². The molecule has 39 heavy (non-hydrogen) atoms. The number of imidazole rings is 2. The molecule has 0 aliphatic heterocycles. The van der Waals surface area contributed by atoms with Crippen LogP contribution in [0, 0.1) is 11.3 Å². The third-order valence-electron chi connectivity index (χ3n) is 6.49. The number of ether oxygens (including phenoxy) is 1. The summed E-state index contributed by atoms with van der Waals surface area (Å²) < 4.78 is 5.42. The maximum atomic E-state index is 13.2. The molecule has 0 fully saturated rings. The van der Waals surface area contributed by atoms with Gasteiger partial charge in [0.1, 0.15) is 24.0 Å². The molecule has 0 radical (unpaired) electrons. The number of aliphatic hydroxyl groups excluding tert-OH is 1. The first-order chi connectivity index (χ1) is 19.1. The largest absolute Gasteiger partial charge is 0.491 e. The van der Waals surface area contributed by atoms with E-state index in [9.17, 15) is 4.79 Å². The van der Waals surface area contributed by atoms with E-state index in [0.29, 0.717) is 28.5 Å². The van der Waals surface area contributed by atoms with E-state index in [4.69, 9.17) is 15.1 Å². The zero-order valence-corrected chi connectivity index (χ0v) is 20.8. The normalized spacial score (nSPS) is 11.1. The molecule has 2 aromatic heterocycles. The highest BCUT2D eigenvalue weighted by Gasteiger charge is 2.13. The molecular weight excluding hydrogens is 490 g/mol. The van der Waals surface area contributed by atoms with Crippen LogP contribution in [0.4, 0.5) is 0 Å². The van der Waals surface area contributed by atoms with Crippen molar-refractivity contribution in [1.29, 1.82) is 5.26 Å². The van der Waals surface area contributed by atoms with E-state index in [1.165, 1.54) is 0 Å². The Kier molecular flexibility index (Phi) is 6.33. The van der Waals surface area contributed by atoms with Gasteiger partial charge in [-0.3, -0.25) is 4.79 Å². The molecule has 6 aromatic rings. The first-order valence-corrected chi connectivity index (χ1v) is 12.5. The van der Waals surface area contributed by atoms with Gasteiger partial charge in [0, 0.05) is 23.1 Å². The van der Waals surface area contributed by atoms with Crippen molar-refractivity contribution in [3.05, 3.63) is 102 Å². The Bertz CT molecular complexity index is 1840. The van der Waals surface area contributed by atoms with E-state index in [-0.39, 0.29) is 25.4 Å². The minimum atomic E-state index is -0.0367. The number of fused-ring (bicyclic) bond motifs is 2. The molecule has 0 amide bonds. The number of hydrogen-bond acceptors (Lipinski definition) is 6.